The number of rotatable bonds is 8. The Labute approximate surface area is 181 Å². The van der Waals surface area contributed by atoms with Gasteiger partial charge in [0.25, 0.3) is 5.56 Å². The van der Waals surface area contributed by atoms with Gasteiger partial charge in [-0.2, -0.15) is 0 Å². The standard InChI is InChI=1S/C21H19N5O2S2/c1-14-12-23-19-18(24-14)20(28)26(9-7-15-5-3-2-4-6-15)21(25-19)30-13-16(27)11-17-22-8-10-29-17/h2-6,8,10,12H,7,9,11,13H2,1H3. The SMILES string of the molecule is Cc1cnc2nc(SCC(=O)Cc3nccs3)n(CCc3ccccc3)c(=O)c2n1. The van der Waals surface area contributed by atoms with Crippen molar-refractivity contribution in [1.82, 2.24) is 24.5 Å². The summed E-state index contributed by atoms with van der Waals surface area (Å²) in [6.07, 6.45) is 4.23. The number of carbonyl (C=O) groups is 1. The van der Waals surface area contributed by atoms with Crippen LogP contribution < -0.4 is 5.56 Å². The second kappa shape index (κ2) is 9.27. The molecule has 0 fully saturated rings. The molecule has 0 amide bonds. The Hall–Kier alpha value is -2.91. The number of Topliss-reactive ketones (excluding diaryl/α,β-unsaturated/α-hetero) is 1. The van der Waals surface area contributed by atoms with Crippen molar-refractivity contribution in [2.75, 3.05) is 5.75 Å². The maximum atomic E-state index is 13.1. The zero-order valence-electron chi connectivity index (χ0n) is 16.3. The zero-order valence-corrected chi connectivity index (χ0v) is 17.9. The third-order valence-corrected chi connectivity index (χ3v) is 6.23. The lowest BCUT2D eigenvalue weighted by atomic mass is 10.1. The van der Waals surface area contributed by atoms with Gasteiger partial charge in [0.05, 0.1) is 29.1 Å². The highest BCUT2D eigenvalue weighted by Crippen LogP contribution is 2.18. The Morgan fingerprint density at radius 1 is 1.17 bits per heavy atom. The monoisotopic (exact) mass is 437 g/mol. The van der Waals surface area contributed by atoms with Crippen LogP contribution in [0.25, 0.3) is 11.2 Å². The van der Waals surface area contributed by atoms with E-state index in [-0.39, 0.29) is 29.0 Å². The molecule has 4 rings (SSSR count). The van der Waals surface area contributed by atoms with Crippen molar-refractivity contribution in [3.05, 3.63) is 74.7 Å². The van der Waals surface area contributed by atoms with E-state index in [4.69, 9.17) is 0 Å². The molecule has 152 valence electrons. The fraction of sp³-hybridized carbons (Fsp3) is 0.238. The molecule has 0 atom stereocenters. The van der Waals surface area contributed by atoms with Crippen LogP contribution in [0.15, 0.2) is 58.1 Å². The van der Waals surface area contributed by atoms with Crippen molar-refractivity contribution in [3.8, 4) is 0 Å². The van der Waals surface area contributed by atoms with Crippen LogP contribution in [-0.4, -0.2) is 36.0 Å². The maximum Gasteiger partial charge on any atom is 0.282 e. The molecule has 4 aromatic rings. The third-order valence-electron chi connectivity index (χ3n) is 4.41. The van der Waals surface area contributed by atoms with E-state index in [9.17, 15) is 9.59 Å². The molecule has 0 bridgehead atoms. The molecule has 0 radical (unpaired) electrons. The van der Waals surface area contributed by atoms with E-state index in [0.717, 1.165) is 10.6 Å². The number of aromatic nitrogens is 5. The molecule has 7 nitrogen and oxygen atoms in total. The molecule has 0 aliphatic carbocycles. The minimum absolute atomic E-state index is 0.0360. The second-order valence-corrected chi connectivity index (χ2v) is 8.62. The first kappa shape index (κ1) is 20.4. The lowest BCUT2D eigenvalue weighted by Gasteiger charge is -2.12. The molecule has 0 unspecified atom stereocenters. The first-order valence-corrected chi connectivity index (χ1v) is 11.3. The molecule has 0 saturated carbocycles. The molecule has 30 heavy (non-hydrogen) atoms. The molecule has 0 aliphatic heterocycles. The van der Waals surface area contributed by atoms with Gasteiger partial charge in [-0.25, -0.2) is 19.9 Å². The van der Waals surface area contributed by atoms with Crippen LogP contribution in [0.3, 0.4) is 0 Å². The topological polar surface area (TPSA) is 90.6 Å². The van der Waals surface area contributed by atoms with Gasteiger partial charge in [0.2, 0.25) is 0 Å². The van der Waals surface area contributed by atoms with Crippen LogP contribution in [0.4, 0.5) is 0 Å². The maximum absolute atomic E-state index is 13.1. The quantitative estimate of drug-likeness (QED) is 0.309. The predicted octanol–water partition coefficient (Wildman–Crippen LogP) is 3.10. The van der Waals surface area contributed by atoms with Gasteiger partial charge in [-0.1, -0.05) is 42.1 Å². The fourth-order valence-corrected chi connectivity index (χ4v) is 4.48. The van der Waals surface area contributed by atoms with E-state index in [1.807, 2.05) is 35.7 Å². The minimum atomic E-state index is -0.234. The van der Waals surface area contributed by atoms with Crippen molar-refractivity contribution >= 4 is 40.0 Å². The summed E-state index contributed by atoms with van der Waals surface area (Å²) in [7, 11) is 0. The number of hydrogen-bond acceptors (Lipinski definition) is 8. The van der Waals surface area contributed by atoms with E-state index >= 15 is 0 Å². The number of ketones is 1. The molecule has 3 aromatic heterocycles. The van der Waals surface area contributed by atoms with Gasteiger partial charge >= 0.3 is 0 Å². The summed E-state index contributed by atoms with van der Waals surface area (Å²) in [5.74, 6) is 0.246. The normalized spacial score (nSPS) is 11.1. The van der Waals surface area contributed by atoms with E-state index in [1.54, 1.807) is 23.9 Å². The Morgan fingerprint density at radius 3 is 2.77 bits per heavy atom. The number of thiazole rings is 1. The van der Waals surface area contributed by atoms with E-state index < -0.39 is 0 Å². The van der Waals surface area contributed by atoms with Gasteiger partial charge in [-0.05, 0) is 18.9 Å². The van der Waals surface area contributed by atoms with Crippen molar-refractivity contribution in [2.45, 2.75) is 31.5 Å². The molecule has 3 heterocycles. The summed E-state index contributed by atoms with van der Waals surface area (Å²) in [4.78, 5) is 42.8. The zero-order chi connectivity index (χ0) is 20.9. The Balaban J connectivity index is 1.61. The number of aryl methyl sites for hydroxylation is 2. The average Bonchev–Trinajstić information content (AvgIpc) is 3.26. The van der Waals surface area contributed by atoms with Crippen molar-refractivity contribution in [2.24, 2.45) is 0 Å². The second-order valence-electron chi connectivity index (χ2n) is 6.70. The summed E-state index contributed by atoms with van der Waals surface area (Å²) < 4.78 is 1.60. The summed E-state index contributed by atoms with van der Waals surface area (Å²) in [5.41, 5.74) is 2.10. The van der Waals surface area contributed by atoms with Crippen LogP contribution in [-0.2, 0) is 24.2 Å². The number of thioether (sulfide) groups is 1. The molecule has 0 N–H and O–H groups in total. The van der Waals surface area contributed by atoms with Gasteiger partial charge in [0.1, 0.15) is 5.78 Å². The molecule has 0 spiro atoms. The number of hydrogen-bond donors (Lipinski definition) is 0. The number of benzene rings is 1. The summed E-state index contributed by atoms with van der Waals surface area (Å²) in [6.45, 7) is 2.24. The van der Waals surface area contributed by atoms with Gasteiger partial charge in [0.15, 0.2) is 16.3 Å². The average molecular weight is 438 g/mol. The largest absolute Gasteiger partial charge is 0.298 e. The Kier molecular flexibility index (Phi) is 6.29. The Bertz CT molecular complexity index is 1220. The van der Waals surface area contributed by atoms with Gasteiger partial charge in [0, 0.05) is 18.1 Å². The summed E-state index contributed by atoms with van der Waals surface area (Å²) >= 11 is 2.71. The number of nitrogens with zero attached hydrogens (tertiary/aromatic N) is 5. The number of fused-ring (bicyclic) bond motifs is 1. The molecule has 0 saturated heterocycles. The van der Waals surface area contributed by atoms with E-state index in [2.05, 4.69) is 19.9 Å². The van der Waals surface area contributed by atoms with E-state index in [0.29, 0.717) is 29.5 Å². The highest BCUT2D eigenvalue weighted by Gasteiger charge is 2.16. The summed E-state index contributed by atoms with van der Waals surface area (Å²) in [5, 5.41) is 3.12. The van der Waals surface area contributed by atoms with Crippen LogP contribution >= 0.6 is 23.1 Å². The first-order valence-electron chi connectivity index (χ1n) is 9.41. The third kappa shape index (κ3) is 4.80. The van der Waals surface area contributed by atoms with Crippen LogP contribution in [0.2, 0.25) is 0 Å². The number of carbonyl (C=O) groups excluding carboxylic acids is 1. The molecule has 0 aliphatic rings. The predicted molar refractivity (Wildman–Crippen MR) is 118 cm³/mol. The van der Waals surface area contributed by atoms with Crippen molar-refractivity contribution in [1.29, 1.82) is 0 Å². The lowest BCUT2D eigenvalue weighted by Crippen LogP contribution is -2.26. The van der Waals surface area contributed by atoms with E-state index in [1.165, 1.54) is 23.1 Å². The fourth-order valence-electron chi connectivity index (χ4n) is 2.96. The summed E-state index contributed by atoms with van der Waals surface area (Å²) in [6, 6.07) is 9.94. The molecule has 9 heteroatoms. The molecule has 1 aromatic carbocycles. The van der Waals surface area contributed by atoms with Crippen molar-refractivity contribution < 1.29 is 4.79 Å². The van der Waals surface area contributed by atoms with Crippen LogP contribution in [0.5, 0.6) is 0 Å². The molecular weight excluding hydrogens is 418 g/mol. The molecular formula is C21H19N5O2S2. The lowest BCUT2D eigenvalue weighted by molar-refractivity contribution is -0.116. The first-order chi connectivity index (χ1) is 14.6. The van der Waals surface area contributed by atoms with Gasteiger partial charge < -0.3 is 0 Å². The van der Waals surface area contributed by atoms with Crippen LogP contribution in [0.1, 0.15) is 16.3 Å². The van der Waals surface area contributed by atoms with Gasteiger partial charge in [-0.3, -0.25) is 14.2 Å². The van der Waals surface area contributed by atoms with Gasteiger partial charge in [-0.15, -0.1) is 11.3 Å². The van der Waals surface area contributed by atoms with Crippen LogP contribution in [0, 0.1) is 6.92 Å². The highest BCUT2D eigenvalue weighted by atomic mass is 32.2. The minimum Gasteiger partial charge on any atom is -0.298 e. The highest BCUT2D eigenvalue weighted by molar-refractivity contribution is 7.99. The van der Waals surface area contributed by atoms with Crippen molar-refractivity contribution in [3.63, 3.8) is 0 Å². The Morgan fingerprint density at radius 2 is 2.00 bits per heavy atom. The smallest absolute Gasteiger partial charge is 0.282 e.